The topological polar surface area (TPSA) is 93.4 Å². The van der Waals surface area contributed by atoms with E-state index < -0.39 is 5.91 Å². The number of hydroxylamine groups is 1. The van der Waals surface area contributed by atoms with E-state index in [4.69, 9.17) is 5.73 Å². The minimum Gasteiger partial charge on any atom is -0.368 e. The second-order valence-corrected chi connectivity index (χ2v) is 2.13. The number of nitrogens with two attached hydrogens (primary N) is 1. The first kappa shape index (κ1) is 10.9. The molecule has 0 heterocycles. The van der Waals surface area contributed by atoms with E-state index >= 15 is 0 Å². The van der Waals surface area contributed by atoms with Gasteiger partial charge in [0.05, 0.1) is 0 Å². The largest absolute Gasteiger partial charge is 0.368 e. The van der Waals surface area contributed by atoms with Gasteiger partial charge in [0.1, 0.15) is 6.61 Å². The standard InChI is InChI=1S/C6H13N3O3/c1-5(10)8-2-3-9-12-4-6(7)11/h9H,2-4H2,1H3,(H2,7,11)(H,8,10). The van der Waals surface area contributed by atoms with Crippen molar-refractivity contribution in [3.63, 3.8) is 0 Å². The fraction of sp³-hybridized carbons (Fsp3) is 0.667. The van der Waals surface area contributed by atoms with E-state index in [-0.39, 0.29) is 12.5 Å². The van der Waals surface area contributed by atoms with Crippen molar-refractivity contribution in [1.29, 1.82) is 0 Å². The van der Waals surface area contributed by atoms with E-state index in [1.54, 1.807) is 0 Å². The predicted molar refractivity (Wildman–Crippen MR) is 41.8 cm³/mol. The van der Waals surface area contributed by atoms with Crippen molar-refractivity contribution in [2.45, 2.75) is 6.92 Å². The lowest BCUT2D eigenvalue weighted by Crippen LogP contribution is -2.32. The average Bonchev–Trinajstić information content (AvgIpc) is 1.95. The van der Waals surface area contributed by atoms with Crippen molar-refractivity contribution in [1.82, 2.24) is 10.8 Å². The molecule has 6 heteroatoms. The number of carbonyl (C=O) groups excluding carboxylic acids is 2. The molecule has 0 saturated carbocycles. The predicted octanol–water partition coefficient (Wildman–Crippen LogP) is -1.87. The Labute approximate surface area is 70.4 Å². The summed E-state index contributed by atoms with van der Waals surface area (Å²) in [6.07, 6.45) is 0. The van der Waals surface area contributed by atoms with Crippen LogP contribution in [0.3, 0.4) is 0 Å². The molecule has 0 saturated heterocycles. The first-order chi connectivity index (χ1) is 5.63. The zero-order chi connectivity index (χ0) is 9.40. The van der Waals surface area contributed by atoms with E-state index in [1.807, 2.05) is 0 Å². The number of hydrogen-bond acceptors (Lipinski definition) is 4. The van der Waals surface area contributed by atoms with Gasteiger partial charge in [0.15, 0.2) is 0 Å². The molecule has 0 aliphatic carbocycles. The van der Waals surface area contributed by atoms with Gasteiger partial charge in [0.2, 0.25) is 11.8 Å². The van der Waals surface area contributed by atoms with Crippen molar-refractivity contribution in [3.8, 4) is 0 Å². The maximum atomic E-state index is 10.3. The van der Waals surface area contributed by atoms with Crippen LogP contribution >= 0.6 is 0 Å². The molecule has 2 amide bonds. The number of nitrogens with one attached hydrogen (secondary N) is 2. The monoisotopic (exact) mass is 175 g/mol. The number of amides is 2. The van der Waals surface area contributed by atoms with Crippen LogP contribution in [0.15, 0.2) is 0 Å². The molecule has 0 unspecified atom stereocenters. The number of carbonyl (C=O) groups is 2. The molecule has 0 atom stereocenters. The maximum absolute atomic E-state index is 10.3. The molecule has 0 aromatic rings. The molecule has 0 aromatic heterocycles. The normalized spacial score (nSPS) is 9.42. The Kier molecular flexibility index (Phi) is 5.94. The summed E-state index contributed by atoms with van der Waals surface area (Å²) in [5, 5.41) is 2.54. The number of hydrogen-bond donors (Lipinski definition) is 3. The summed E-state index contributed by atoms with van der Waals surface area (Å²) in [5.74, 6) is -0.645. The Morgan fingerprint density at radius 1 is 1.42 bits per heavy atom. The third kappa shape index (κ3) is 8.86. The first-order valence-electron chi connectivity index (χ1n) is 3.50. The van der Waals surface area contributed by atoms with Gasteiger partial charge in [-0.25, -0.2) is 5.48 Å². The molecule has 4 N–H and O–H groups in total. The molecule has 0 spiro atoms. The molecule has 0 aliphatic heterocycles. The fourth-order valence-electron chi connectivity index (χ4n) is 0.484. The Balaban J connectivity index is 3.01. The lowest BCUT2D eigenvalue weighted by molar-refractivity contribution is -0.125. The van der Waals surface area contributed by atoms with E-state index in [0.29, 0.717) is 13.1 Å². The summed E-state index contributed by atoms with van der Waals surface area (Å²) in [5.41, 5.74) is 7.24. The third-order valence-corrected chi connectivity index (χ3v) is 0.917. The van der Waals surface area contributed by atoms with Crippen molar-refractivity contribution in [2.24, 2.45) is 5.73 Å². The SMILES string of the molecule is CC(=O)NCCNOCC(N)=O. The lowest BCUT2D eigenvalue weighted by Gasteiger charge is -2.03. The average molecular weight is 175 g/mol. The highest BCUT2D eigenvalue weighted by atomic mass is 16.6. The van der Waals surface area contributed by atoms with Gasteiger partial charge in [-0.3, -0.25) is 14.4 Å². The molecule has 0 fully saturated rings. The van der Waals surface area contributed by atoms with Gasteiger partial charge < -0.3 is 11.1 Å². The Hall–Kier alpha value is -1.14. The minimum atomic E-state index is -0.540. The molecule has 0 rings (SSSR count). The van der Waals surface area contributed by atoms with Crippen LogP contribution in [0.4, 0.5) is 0 Å². The molecule has 0 aromatic carbocycles. The summed E-state index contributed by atoms with van der Waals surface area (Å²) in [4.78, 5) is 25.1. The fourth-order valence-corrected chi connectivity index (χ4v) is 0.484. The molecule has 0 radical (unpaired) electrons. The molecule has 0 aliphatic rings. The van der Waals surface area contributed by atoms with Crippen LogP contribution < -0.4 is 16.5 Å². The smallest absolute Gasteiger partial charge is 0.245 e. The van der Waals surface area contributed by atoms with Crippen LogP contribution in [0.1, 0.15) is 6.92 Å². The highest BCUT2D eigenvalue weighted by Gasteiger charge is 1.93. The zero-order valence-electron chi connectivity index (χ0n) is 6.92. The summed E-state index contributed by atoms with van der Waals surface area (Å²) in [6.45, 7) is 2.14. The van der Waals surface area contributed by atoms with Gasteiger partial charge in [-0.2, -0.15) is 0 Å². The summed E-state index contributed by atoms with van der Waals surface area (Å²) < 4.78 is 0. The Morgan fingerprint density at radius 2 is 2.08 bits per heavy atom. The zero-order valence-corrected chi connectivity index (χ0v) is 6.92. The maximum Gasteiger partial charge on any atom is 0.245 e. The quantitative estimate of drug-likeness (QED) is 0.325. The van der Waals surface area contributed by atoms with Gasteiger partial charge in [-0.05, 0) is 0 Å². The van der Waals surface area contributed by atoms with E-state index in [9.17, 15) is 9.59 Å². The third-order valence-electron chi connectivity index (χ3n) is 0.917. The Morgan fingerprint density at radius 3 is 2.58 bits per heavy atom. The van der Waals surface area contributed by atoms with Crippen molar-refractivity contribution >= 4 is 11.8 Å². The number of rotatable bonds is 6. The molecule has 12 heavy (non-hydrogen) atoms. The van der Waals surface area contributed by atoms with Gasteiger partial charge in [0.25, 0.3) is 0 Å². The minimum absolute atomic E-state index is 0.105. The van der Waals surface area contributed by atoms with E-state index in [2.05, 4.69) is 15.6 Å². The van der Waals surface area contributed by atoms with Crippen LogP contribution in [0.25, 0.3) is 0 Å². The van der Waals surface area contributed by atoms with E-state index in [1.165, 1.54) is 6.92 Å². The highest BCUT2D eigenvalue weighted by Crippen LogP contribution is 1.65. The molecule has 70 valence electrons. The van der Waals surface area contributed by atoms with E-state index in [0.717, 1.165) is 0 Å². The molecule has 0 bridgehead atoms. The van der Waals surface area contributed by atoms with Crippen molar-refractivity contribution in [3.05, 3.63) is 0 Å². The van der Waals surface area contributed by atoms with Crippen molar-refractivity contribution in [2.75, 3.05) is 19.7 Å². The highest BCUT2D eigenvalue weighted by molar-refractivity contribution is 5.74. The Bertz CT molecular complexity index is 142. The molecular formula is C6H13N3O3. The second kappa shape index (κ2) is 6.56. The van der Waals surface area contributed by atoms with Crippen LogP contribution in [-0.4, -0.2) is 31.5 Å². The summed E-state index contributed by atoms with van der Waals surface area (Å²) in [7, 11) is 0. The summed E-state index contributed by atoms with van der Waals surface area (Å²) >= 11 is 0. The number of primary amides is 1. The van der Waals surface area contributed by atoms with Crippen LogP contribution in [0.2, 0.25) is 0 Å². The first-order valence-corrected chi connectivity index (χ1v) is 3.50. The van der Waals surface area contributed by atoms with Crippen molar-refractivity contribution < 1.29 is 14.4 Å². The summed E-state index contributed by atoms with van der Waals surface area (Å²) in [6, 6.07) is 0. The lowest BCUT2D eigenvalue weighted by atomic mass is 10.6. The molecular weight excluding hydrogens is 162 g/mol. The molecule has 6 nitrogen and oxygen atoms in total. The van der Waals surface area contributed by atoms with Crippen LogP contribution in [0.5, 0.6) is 0 Å². The van der Waals surface area contributed by atoms with Gasteiger partial charge in [0, 0.05) is 20.0 Å². The van der Waals surface area contributed by atoms with Crippen LogP contribution in [0, 0.1) is 0 Å². The van der Waals surface area contributed by atoms with Gasteiger partial charge in [-0.15, -0.1) is 0 Å². The van der Waals surface area contributed by atoms with Gasteiger partial charge >= 0.3 is 0 Å². The van der Waals surface area contributed by atoms with Crippen LogP contribution in [-0.2, 0) is 14.4 Å². The van der Waals surface area contributed by atoms with Gasteiger partial charge in [-0.1, -0.05) is 0 Å². The second-order valence-electron chi connectivity index (χ2n) is 2.13.